The van der Waals surface area contributed by atoms with Gasteiger partial charge in [-0.1, -0.05) is 13.8 Å². The molecule has 1 saturated heterocycles. The molecule has 0 saturated carbocycles. The van der Waals surface area contributed by atoms with Crippen molar-refractivity contribution in [2.45, 2.75) is 45.7 Å². The molecule has 1 amide bonds. The lowest BCUT2D eigenvalue weighted by Crippen LogP contribution is -2.49. The number of nitrogens with two attached hydrogens (primary N) is 1. The number of carbonyl (C=O) groups excluding carboxylic acids is 1. The first-order valence-electron chi connectivity index (χ1n) is 6.29. The molecule has 1 heterocycles. The number of amides is 1. The summed E-state index contributed by atoms with van der Waals surface area (Å²) in [5.41, 5.74) is 5.58. The Morgan fingerprint density at radius 3 is 2.38 bits per heavy atom. The molecule has 1 aliphatic rings. The van der Waals surface area contributed by atoms with E-state index in [2.05, 4.69) is 12.2 Å². The highest BCUT2D eigenvalue weighted by Gasteiger charge is 2.24. The minimum absolute atomic E-state index is 0.118. The molecule has 4 heteroatoms. The molecule has 94 valence electrons. The van der Waals surface area contributed by atoms with E-state index in [0.717, 1.165) is 25.9 Å². The summed E-state index contributed by atoms with van der Waals surface area (Å²) in [7, 11) is 0. The van der Waals surface area contributed by atoms with Crippen LogP contribution in [0.15, 0.2) is 0 Å². The van der Waals surface area contributed by atoms with Crippen molar-refractivity contribution in [2.75, 3.05) is 19.6 Å². The zero-order chi connectivity index (χ0) is 12.1. The molecule has 0 aromatic carbocycles. The smallest absolute Gasteiger partial charge is 0.225 e. The third kappa shape index (κ3) is 3.76. The van der Waals surface area contributed by atoms with Crippen LogP contribution in [0.3, 0.4) is 0 Å². The Bertz CT molecular complexity index is 222. The van der Waals surface area contributed by atoms with Crippen LogP contribution in [0.5, 0.6) is 0 Å². The molecule has 1 rings (SSSR count). The fourth-order valence-electron chi connectivity index (χ4n) is 2.10. The van der Waals surface area contributed by atoms with E-state index in [1.165, 1.54) is 0 Å². The Hall–Kier alpha value is -0.610. The maximum absolute atomic E-state index is 11.8. The second-order valence-corrected chi connectivity index (χ2v) is 5.06. The van der Waals surface area contributed by atoms with Gasteiger partial charge in [-0.05, 0) is 19.8 Å². The summed E-state index contributed by atoms with van der Waals surface area (Å²) in [6.07, 6.45) is 2.09. The van der Waals surface area contributed by atoms with Gasteiger partial charge in [0.1, 0.15) is 0 Å². The van der Waals surface area contributed by atoms with Gasteiger partial charge in [0.25, 0.3) is 0 Å². The lowest BCUT2D eigenvalue weighted by molar-refractivity contribution is -0.135. The molecule has 0 radical (unpaired) electrons. The Labute approximate surface area is 98.6 Å². The summed E-state index contributed by atoms with van der Waals surface area (Å²) in [6.45, 7) is 8.46. The van der Waals surface area contributed by atoms with E-state index in [9.17, 15) is 4.79 Å². The van der Waals surface area contributed by atoms with E-state index in [1.54, 1.807) is 0 Å². The van der Waals surface area contributed by atoms with Gasteiger partial charge in [-0.25, -0.2) is 0 Å². The highest BCUT2D eigenvalue weighted by Crippen LogP contribution is 2.13. The van der Waals surface area contributed by atoms with Crippen LogP contribution in [0.2, 0.25) is 0 Å². The normalized spacial score (nSPS) is 20.2. The average Bonchev–Trinajstić information content (AvgIpc) is 2.28. The van der Waals surface area contributed by atoms with Crippen molar-refractivity contribution in [3.8, 4) is 0 Å². The van der Waals surface area contributed by atoms with Crippen molar-refractivity contribution < 1.29 is 4.79 Å². The van der Waals surface area contributed by atoms with Crippen molar-refractivity contribution >= 4 is 5.91 Å². The third-order valence-corrected chi connectivity index (χ3v) is 3.17. The number of hydrogen-bond donors (Lipinski definition) is 2. The topological polar surface area (TPSA) is 58.4 Å². The van der Waals surface area contributed by atoms with E-state index in [1.807, 2.05) is 18.7 Å². The van der Waals surface area contributed by atoms with Crippen molar-refractivity contribution in [1.82, 2.24) is 10.2 Å². The van der Waals surface area contributed by atoms with Crippen LogP contribution in [0.1, 0.15) is 33.6 Å². The van der Waals surface area contributed by atoms with Crippen LogP contribution in [0.25, 0.3) is 0 Å². The van der Waals surface area contributed by atoms with E-state index < -0.39 is 0 Å². The molecular formula is C12H25N3O. The van der Waals surface area contributed by atoms with Crippen molar-refractivity contribution in [1.29, 1.82) is 0 Å². The Morgan fingerprint density at radius 1 is 1.38 bits per heavy atom. The minimum Gasteiger partial charge on any atom is -0.342 e. The number of carbonyl (C=O) groups is 1. The predicted octanol–water partition coefficient (Wildman–Crippen LogP) is 0.570. The molecule has 1 unspecified atom stereocenters. The SMILES string of the molecule is CC(CN)NC1CCN(C(=O)C(C)C)CC1. The molecule has 1 fully saturated rings. The van der Waals surface area contributed by atoms with Crippen LogP contribution in [-0.2, 0) is 4.79 Å². The number of nitrogens with one attached hydrogen (secondary N) is 1. The Morgan fingerprint density at radius 2 is 1.94 bits per heavy atom. The van der Waals surface area contributed by atoms with Gasteiger partial charge in [0.15, 0.2) is 0 Å². The van der Waals surface area contributed by atoms with Crippen LogP contribution < -0.4 is 11.1 Å². The quantitative estimate of drug-likeness (QED) is 0.738. The van der Waals surface area contributed by atoms with Gasteiger partial charge in [-0.15, -0.1) is 0 Å². The van der Waals surface area contributed by atoms with Crippen LogP contribution in [0.4, 0.5) is 0 Å². The molecule has 1 aliphatic heterocycles. The van der Waals surface area contributed by atoms with Crippen LogP contribution in [-0.4, -0.2) is 42.5 Å². The van der Waals surface area contributed by atoms with Crippen LogP contribution >= 0.6 is 0 Å². The largest absolute Gasteiger partial charge is 0.342 e. The average molecular weight is 227 g/mol. The van der Waals surface area contributed by atoms with E-state index in [0.29, 0.717) is 18.6 Å². The van der Waals surface area contributed by atoms with Gasteiger partial charge in [0, 0.05) is 37.6 Å². The number of piperidine rings is 1. The summed E-state index contributed by atoms with van der Waals surface area (Å²) in [6, 6.07) is 0.895. The lowest BCUT2D eigenvalue weighted by Gasteiger charge is -2.34. The Kier molecular flexibility index (Phi) is 5.22. The molecule has 0 aromatic rings. The third-order valence-electron chi connectivity index (χ3n) is 3.17. The first-order chi connectivity index (χ1) is 7.54. The highest BCUT2D eigenvalue weighted by atomic mass is 16.2. The van der Waals surface area contributed by atoms with Gasteiger partial charge in [-0.2, -0.15) is 0 Å². The van der Waals surface area contributed by atoms with Gasteiger partial charge in [-0.3, -0.25) is 4.79 Å². The van der Waals surface area contributed by atoms with E-state index in [4.69, 9.17) is 5.73 Å². The monoisotopic (exact) mass is 227 g/mol. The molecule has 3 N–H and O–H groups in total. The van der Waals surface area contributed by atoms with E-state index in [-0.39, 0.29) is 11.8 Å². The van der Waals surface area contributed by atoms with Crippen molar-refractivity contribution in [3.63, 3.8) is 0 Å². The fraction of sp³-hybridized carbons (Fsp3) is 0.917. The van der Waals surface area contributed by atoms with Crippen molar-refractivity contribution in [2.24, 2.45) is 11.7 Å². The standard InChI is InChI=1S/C12H25N3O/c1-9(2)12(16)15-6-4-11(5-7-15)14-10(3)8-13/h9-11,14H,4-8,13H2,1-3H3. The van der Waals surface area contributed by atoms with Crippen molar-refractivity contribution in [3.05, 3.63) is 0 Å². The summed E-state index contributed by atoms with van der Waals surface area (Å²) in [4.78, 5) is 13.8. The van der Waals surface area contributed by atoms with Gasteiger partial charge in [0.2, 0.25) is 5.91 Å². The fourth-order valence-corrected chi connectivity index (χ4v) is 2.10. The zero-order valence-electron chi connectivity index (χ0n) is 10.7. The first kappa shape index (κ1) is 13.5. The summed E-state index contributed by atoms with van der Waals surface area (Å²) < 4.78 is 0. The first-order valence-corrected chi connectivity index (χ1v) is 6.29. The van der Waals surface area contributed by atoms with Gasteiger partial charge in [0.05, 0.1) is 0 Å². The molecule has 0 aliphatic carbocycles. The summed E-state index contributed by atoms with van der Waals surface area (Å²) in [5.74, 6) is 0.401. The van der Waals surface area contributed by atoms with Gasteiger partial charge >= 0.3 is 0 Å². The molecule has 1 atom stereocenters. The second-order valence-electron chi connectivity index (χ2n) is 5.06. The maximum atomic E-state index is 11.8. The highest BCUT2D eigenvalue weighted by molar-refractivity contribution is 5.78. The minimum atomic E-state index is 0.118. The molecule has 4 nitrogen and oxygen atoms in total. The zero-order valence-corrected chi connectivity index (χ0v) is 10.7. The Balaban J connectivity index is 2.31. The van der Waals surface area contributed by atoms with Gasteiger partial charge < -0.3 is 16.0 Å². The molecule has 16 heavy (non-hydrogen) atoms. The molecule has 0 spiro atoms. The maximum Gasteiger partial charge on any atom is 0.225 e. The number of hydrogen-bond acceptors (Lipinski definition) is 3. The lowest BCUT2D eigenvalue weighted by atomic mass is 10.0. The summed E-state index contributed by atoms with van der Waals surface area (Å²) >= 11 is 0. The summed E-state index contributed by atoms with van der Waals surface area (Å²) in [5, 5.41) is 3.49. The second kappa shape index (κ2) is 6.21. The van der Waals surface area contributed by atoms with Crippen LogP contribution in [0, 0.1) is 5.92 Å². The molecule has 0 aromatic heterocycles. The number of rotatable bonds is 4. The molecule has 0 bridgehead atoms. The number of nitrogens with zero attached hydrogens (tertiary/aromatic N) is 1. The number of likely N-dealkylation sites (tertiary alicyclic amines) is 1. The van der Waals surface area contributed by atoms with E-state index >= 15 is 0 Å². The molecular weight excluding hydrogens is 202 g/mol. The predicted molar refractivity (Wildman–Crippen MR) is 66.1 cm³/mol.